The lowest BCUT2D eigenvalue weighted by atomic mass is 9.95. The molecule has 1 aromatic heterocycles. The number of carbonyl (C=O) groups is 2. The van der Waals surface area contributed by atoms with E-state index in [0.29, 0.717) is 16.1 Å². The molecule has 0 saturated carbocycles. The van der Waals surface area contributed by atoms with Gasteiger partial charge in [0.05, 0.1) is 12.7 Å². The van der Waals surface area contributed by atoms with Crippen LogP contribution in [0.15, 0.2) is 30.3 Å². The van der Waals surface area contributed by atoms with Gasteiger partial charge in [0.25, 0.3) is 5.91 Å². The summed E-state index contributed by atoms with van der Waals surface area (Å²) in [6.45, 7) is 0. The van der Waals surface area contributed by atoms with Gasteiger partial charge in [0.2, 0.25) is 3.79 Å². The number of halogens is 3. The summed E-state index contributed by atoms with van der Waals surface area (Å²) in [7, 11) is 1.34. The van der Waals surface area contributed by atoms with Gasteiger partial charge >= 0.3 is 5.97 Å². The van der Waals surface area contributed by atoms with Gasteiger partial charge in [-0.1, -0.05) is 53.0 Å². The van der Waals surface area contributed by atoms with E-state index in [1.54, 1.807) is 30.3 Å². The molecule has 5 nitrogen and oxygen atoms in total. The Balaban J connectivity index is 1.90. The van der Waals surface area contributed by atoms with Gasteiger partial charge in [0.1, 0.15) is 11.2 Å². The molecule has 1 atom stereocenters. The van der Waals surface area contributed by atoms with E-state index in [9.17, 15) is 9.59 Å². The first-order valence-corrected chi connectivity index (χ1v) is 10.7. The first-order chi connectivity index (χ1) is 13.3. The number of fused-ring (bicyclic) bond motifs is 1. The number of nitrogens with one attached hydrogen (secondary N) is 2. The highest BCUT2D eigenvalue weighted by molar-refractivity contribution is 7.16. The number of esters is 1. The van der Waals surface area contributed by atoms with Crippen molar-refractivity contribution in [1.82, 2.24) is 5.32 Å². The molecule has 0 radical (unpaired) electrons. The van der Waals surface area contributed by atoms with E-state index in [2.05, 4.69) is 10.6 Å². The van der Waals surface area contributed by atoms with Crippen molar-refractivity contribution >= 4 is 63.0 Å². The van der Waals surface area contributed by atoms with Gasteiger partial charge in [-0.3, -0.25) is 4.79 Å². The normalized spacial score (nSPS) is 14.7. The van der Waals surface area contributed by atoms with Crippen LogP contribution in [0.1, 0.15) is 44.0 Å². The average molecular weight is 462 g/mol. The molecule has 1 aliphatic carbocycles. The topological polar surface area (TPSA) is 67.4 Å². The van der Waals surface area contributed by atoms with Crippen LogP contribution in [0, 0.1) is 0 Å². The van der Waals surface area contributed by atoms with E-state index in [1.165, 1.54) is 18.4 Å². The van der Waals surface area contributed by atoms with Crippen molar-refractivity contribution in [3.8, 4) is 0 Å². The summed E-state index contributed by atoms with van der Waals surface area (Å²) in [4.78, 5) is 26.1. The molecule has 9 heteroatoms. The number of carbonyl (C=O) groups excluding carboxylic acids is 2. The van der Waals surface area contributed by atoms with Crippen LogP contribution in [0.5, 0.6) is 0 Å². The van der Waals surface area contributed by atoms with Crippen LogP contribution in [0.3, 0.4) is 0 Å². The predicted molar refractivity (Wildman–Crippen MR) is 114 cm³/mol. The maximum atomic E-state index is 12.5. The molecule has 1 aliphatic rings. The Morgan fingerprint density at radius 2 is 1.82 bits per heavy atom. The molecule has 0 spiro atoms. The van der Waals surface area contributed by atoms with E-state index in [-0.39, 0.29) is 0 Å². The Morgan fingerprint density at radius 1 is 1.14 bits per heavy atom. The van der Waals surface area contributed by atoms with E-state index in [4.69, 9.17) is 39.5 Å². The summed E-state index contributed by atoms with van der Waals surface area (Å²) in [6.07, 6.45) is 2.71. The fraction of sp³-hybridized carbons (Fsp3) is 0.368. The van der Waals surface area contributed by atoms with Crippen molar-refractivity contribution in [2.24, 2.45) is 0 Å². The fourth-order valence-electron chi connectivity index (χ4n) is 3.12. The molecule has 2 N–H and O–H groups in total. The number of thiophene rings is 1. The molecule has 0 aliphatic heterocycles. The second-order valence-electron chi connectivity index (χ2n) is 6.37. The van der Waals surface area contributed by atoms with Crippen LogP contribution in [0.25, 0.3) is 0 Å². The van der Waals surface area contributed by atoms with E-state index in [1.807, 2.05) is 0 Å². The van der Waals surface area contributed by atoms with Crippen molar-refractivity contribution in [2.75, 3.05) is 12.4 Å². The summed E-state index contributed by atoms with van der Waals surface area (Å²) < 4.78 is 3.12. The zero-order valence-corrected chi connectivity index (χ0v) is 18.1. The van der Waals surface area contributed by atoms with Gasteiger partial charge < -0.3 is 15.4 Å². The zero-order valence-electron chi connectivity index (χ0n) is 15.1. The third-order valence-corrected chi connectivity index (χ3v) is 6.35. The Hall–Kier alpha value is -1.47. The molecule has 150 valence electrons. The fourth-order valence-corrected chi connectivity index (χ4v) is 4.75. The maximum Gasteiger partial charge on any atom is 0.341 e. The first kappa shape index (κ1) is 21.2. The zero-order chi connectivity index (χ0) is 20.3. The average Bonchev–Trinajstić information content (AvgIpc) is 3.04. The Kier molecular flexibility index (Phi) is 6.76. The molecular weight excluding hydrogens is 443 g/mol. The summed E-state index contributed by atoms with van der Waals surface area (Å²) in [5.41, 5.74) is 1.86. The van der Waals surface area contributed by atoms with E-state index < -0.39 is 21.8 Å². The highest BCUT2D eigenvalue weighted by atomic mass is 35.6. The van der Waals surface area contributed by atoms with Crippen molar-refractivity contribution in [2.45, 2.75) is 35.6 Å². The van der Waals surface area contributed by atoms with Crippen LogP contribution in [0.2, 0.25) is 0 Å². The SMILES string of the molecule is COC(=O)c1c(N[C@H](NC(=O)c2ccccc2)C(Cl)(Cl)Cl)sc2c1CCCC2. The number of methoxy groups -OCH3 is 1. The Labute approximate surface area is 182 Å². The third-order valence-electron chi connectivity index (χ3n) is 4.47. The maximum absolute atomic E-state index is 12.5. The summed E-state index contributed by atoms with van der Waals surface area (Å²) >= 11 is 19.8. The molecular formula is C19H19Cl3N2O3S. The molecule has 1 amide bonds. The summed E-state index contributed by atoms with van der Waals surface area (Å²) in [5, 5.41) is 6.28. The predicted octanol–water partition coefficient (Wildman–Crippen LogP) is 4.95. The highest BCUT2D eigenvalue weighted by Crippen LogP contribution is 2.40. The highest BCUT2D eigenvalue weighted by Gasteiger charge is 2.36. The largest absolute Gasteiger partial charge is 0.465 e. The van der Waals surface area contributed by atoms with Gasteiger partial charge in [0.15, 0.2) is 0 Å². The van der Waals surface area contributed by atoms with Crippen molar-refractivity contribution < 1.29 is 14.3 Å². The van der Waals surface area contributed by atoms with Crippen LogP contribution in [0.4, 0.5) is 5.00 Å². The summed E-state index contributed by atoms with van der Waals surface area (Å²) in [5.74, 6) is -0.843. The number of alkyl halides is 3. The van der Waals surface area contributed by atoms with E-state index in [0.717, 1.165) is 36.1 Å². The number of ether oxygens (including phenoxy) is 1. The molecule has 1 aromatic carbocycles. The number of anilines is 1. The molecule has 2 aromatic rings. The Morgan fingerprint density at radius 3 is 2.46 bits per heavy atom. The molecule has 0 fully saturated rings. The second-order valence-corrected chi connectivity index (χ2v) is 9.84. The molecule has 1 heterocycles. The van der Waals surface area contributed by atoms with Crippen molar-refractivity contribution in [3.63, 3.8) is 0 Å². The number of benzene rings is 1. The minimum absolute atomic E-state index is 0.398. The van der Waals surface area contributed by atoms with Gasteiger partial charge in [-0.2, -0.15) is 0 Å². The van der Waals surface area contributed by atoms with Crippen LogP contribution in [-0.2, 0) is 17.6 Å². The van der Waals surface area contributed by atoms with Crippen LogP contribution >= 0.6 is 46.1 Å². The number of hydrogen-bond acceptors (Lipinski definition) is 5. The molecule has 0 bridgehead atoms. The van der Waals surface area contributed by atoms with Gasteiger partial charge in [0, 0.05) is 10.4 Å². The number of aryl methyl sites for hydroxylation is 1. The van der Waals surface area contributed by atoms with Crippen LogP contribution < -0.4 is 10.6 Å². The van der Waals surface area contributed by atoms with Crippen molar-refractivity contribution in [3.05, 3.63) is 51.9 Å². The number of rotatable bonds is 5. The van der Waals surface area contributed by atoms with Crippen molar-refractivity contribution in [1.29, 1.82) is 0 Å². The first-order valence-electron chi connectivity index (χ1n) is 8.73. The molecule has 3 rings (SSSR count). The molecule has 28 heavy (non-hydrogen) atoms. The second kappa shape index (κ2) is 8.91. The van der Waals surface area contributed by atoms with Crippen LogP contribution in [-0.4, -0.2) is 28.9 Å². The quantitative estimate of drug-likeness (QED) is 0.375. The van der Waals surface area contributed by atoms with Gasteiger partial charge in [-0.15, -0.1) is 11.3 Å². The molecule has 0 unspecified atom stereocenters. The minimum atomic E-state index is -1.84. The lowest BCUT2D eigenvalue weighted by Gasteiger charge is -2.27. The lowest BCUT2D eigenvalue weighted by molar-refractivity contribution is 0.0600. The third kappa shape index (κ3) is 4.74. The van der Waals surface area contributed by atoms with Gasteiger partial charge in [-0.25, -0.2) is 4.79 Å². The minimum Gasteiger partial charge on any atom is -0.465 e. The summed E-state index contributed by atoms with van der Waals surface area (Å²) in [6, 6.07) is 8.62. The monoisotopic (exact) mass is 460 g/mol. The Bertz CT molecular complexity index is 865. The number of amides is 1. The standard InChI is InChI=1S/C19H19Cl3N2O3S/c1-27-17(26)14-12-9-5-6-10-13(12)28-16(14)24-18(19(20,21)22)23-15(25)11-7-3-2-4-8-11/h2-4,7-8,18,24H,5-6,9-10H2,1H3,(H,23,25)/t18-/m0/s1. The smallest absolute Gasteiger partial charge is 0.341 e. The van der Waals surface area contributed by atoms with E-state index >= 15 is 0 Å². The molecule has 0 saturated heterocycles. The lowest BCUT2D eigenvalue weighted by Crippen LogP contribution is -2.49. The number of hydrogen-bond donors (Lipinski definition) is 2. The van der Waals surface area contributed by atoms with Gasteiger partial charge in [-0.05, 0) is 43.4 Å².